The monoisotopic (exact) mass is 557 g/mol. The molecule has 2 amide bonds. The standard InChI is InChI=1S/C33H39N3O5/c1-39-29-5-3-4-25(20-29)30-21-26(8-11-31(30)40-2)32(37)35-27-14-18-36(19-15-27)33(38)24-6-9-28(10-7-24)41-22-23-12-16-34-17-13-23/h3-11,20-21,23,27,34H,12-19,22H2,1-2H3,(H,35,37). The maximum Gasteiger partial charge on any atom is 0.253 e. The fourth-order valence-corrected chi connectivity index (χ4v) is 5.50. The average molecular weight is 558 g/mol. The van der Waals surface area contributed by atoms with Gasteiger partial charge in [-0.2, -0.15) is 0 Å². The summed E-state index contributed by atoms with van der Waals surface area (Å²) >= 11 is 0. The number of rotatable bonds is 9. The second kappa shape index (κ2) is 13.5. The molecule has 0 spiro atoms. The Balaban J connectivity index is 1.14. The molecule has 2 aliphatic heterocycles. The number of carbonyl (C=O) groups excluding carboxylic acids is 2. The van der Waals surface area contributed by atoms with Crippen LogP contribution in [0.4, 0.5) is 0 Å². The highest BCUT2D eigenvalue weighted by molar-refractivity contribution is 5.96. The van der Waals surface area contributed by atoms with Gasteiger partial charge < -0.3 is 29.7 Å². The molecule has 5 rings (SSSR count). The van der Waals surface area contributed by atoms with Crippen molar-refractivity contribution in [2.24, 2.45) is 5.92 Å². The molecule has 216 valence electrons. The molecular weight excluding hydrogens is 518 g/mol. The van der Waals surface area contributed by atoms with E-state index in [2.05, 4.69) is 10.6 Å². The second-order valence-electron chi connectivity index (χ2n) is 10.7. The Hall–Kier alpha value is -4.04. The zero-order valence-corrected chi connectivity index (χ0v) is 23.9. The zero-order chi connectivity index (χ0) is 28.6. The van der Waals surface area contributed by atoms with Crippen LogP contribution in [0.3, 0.4) is 0 Å². The summed E-state index contributed by atoms with van der Waals surface area (Å²) in [5, 5.41) is 6.53. The summed E-state index contributed by atoms with van der Waals surface area (Å²) in [5.41, 5.74) is 2.95. The number of likely N-dealkylation sites (tertiary alicyclic amines) is 1. The lowest BCUT2D eigenvalue weighted by Crippen LogP contribution is -2.46. The van der Waals surface area contributed by atoms with Crippen molar-refractivity contribution >= 4 is 11.8 Å². The number of benzene rings is 3. The van der Waals surface area contributed by atoms with E-state index in [1.54, 1.807) is 20.3 Å². The van der Waals surface area contributed by atoms with Gasteiger partial charge in [-0.15, -0.1) is 0 Å². The van der Waals surface area contributed by atoms with Crippen LogP contribution in [0.15, 0.2) is 66.7 Å². The molecule has 0 aliphatic carbocycles. The predicted octanol–water partition coefficient (Wildman–Crippen LogP) is 4.78. The molecule has 2 N–H and O–H groups in total. The summed E-state index contributed by atoms with van der Waals surface area (Å²) in [6.45, 7) is 4.00. The Morgan fingerprint density at radius 1 is 0.854 bits per heavy atom. The van der Waals surface area contributed by atoms with E-state index >= 15 is 0 Å². The van der Waals surface area contributed by atoms with Gasteiger partial charge in [0.25, 0.3) is 11.8 Å². The van der Waals surface area contributed by atoms with Crippen molar-refractivity contribution < 1.29 is 23.8 Å². The highest BCUT2D eigenvalue weighted by Crippen LogP contribution is 2.33. The first-order valence-corrected chi connectivity index (χ1v) is 14.4. The van der Waals surface area contributed by atoms with Crippen LogP contribution in [-0.4, -0.2) is 69.8 Å². The third-order valence-corrected chi connectivity index (χ3v) is 8.01. The minimum Gasteiger partial charge on any atom is -0.497 e. The van der Waals surface area contributed by atoms with Crippen LogP contribution >= 0.6 is 0 Å². The largest absolute Gasteiger partial charge is 0.497 e. The summed E-state index contributed by atoms with van der Waals surface area (Å²) in [4.78, 5) is 28.1. The van der Waals surface area contributed by atoms with E-state index in [0.717, 1.165) is 48.6 Å². The van der Waals surface area contributed by atoms with Crippen LogP contribution in [0.5, 0.6) is 17.2 Å². The first-order chi connectivity index (χ1) is 20.0. The van der Waals surface area contributed by atoms with Gasteiger partial charge in [0, 0.05) is 35.8 Å². The SMILES string of the molecule is COc1cccc(-c2cc(C(=O)NC3CCN(C(=O)c4ccc(OCC5CCNCC5)cc4)CC3)ccc2OC)c1. The number of ether oxygens (including phenoxy) is 3. The Bertz CT molecular complexity index is 1330. The van der Waals surface area contributed by atoms with Crippen molar-refractivity contribution in [2.75, 3.05) is 47.0 Å². The van der Waals surface area contributed by atoms with Gasteiger partial charge in [0.2, 0.25) is 0 Å². The van der Waals surface area contributed by atoms with E-state index in [-0.39, 0.29) is 17.9 Å². The summed E-state index contributed by atoms with van der Waals surface area (Å²) in [6, 6.07) is 20.6. The summed E-state index contributed by atoms with van der Waals surface area (Å²) in [7, 11) is 3.24. The van der Waals surface area contributed by atoms with E-state index in [4.69, 9.17) is 14.2 Å². The minimum atomic E-state index is -0.137. The summed E-state index contributed by atoms with van der Waals surface area (Å²) < 4.78 is 16.9. The van der Waals surface area contributed by atoms with Crippen LogP contribution in [0.25, 0.3) is 11.1 Å². The fraction of sp³-hybridized carbons (Fsp3) is 0.394. The van der Waals surface area contributed by atoms with E-state index in [1.165, 1.54) is 0 Å². The molecule has 2 fully saturated rings. The number of piperidine rings is 2. The third-order valence-electron chi connectivity index (χ3n) is 8.01. The number of amides is 2. The third kappa shape index (κ3) is 7.19. The highest BCUT2D eigenvalue weighted by Gasteiger charge is 2.25. The number of hydrogen-bond acceptors (Lipinski definition) is 6. The van der Waals surface area contributed by atoms with Crippen LogP contribution < -0.4 is 24.8 Å². The van der Waals surface area contributed by atoms with E-state index in [9.17, 15) is 9.59 Å². The maximum absolute atomic E-state index is 13.2. The van der Waals surface area contributed by atoms with Crippen molar-refractivity contribution in [1.29, 1.82) is 0 Å². The average Bonchev–Trinajstić information content (AvgIpc) is 3.04. The molecule has 0 atom stereocenters. The van der Waals surface area contributed by atoms with Gasteiger partial charge in [0.1, 0.15) is 17.2 Å². The Morgan fingerprint density at radius 2 is 1.59 bits per heavy atom. The van der Waals surface area contributed by atoms with E-state index < -0.39 is 0 Å². The number of nitrogens with zero attached hydrogens (tertiary/aromatic N) is 1. The van der Waals surface area contributed by atoms with Crippen molar-refractivity contribution in [1.82, 2.24) is 15.5 Å². The molecule has 2 saturated heterocycles. The molecule has 3 aromatic carbocycles. The first kappa shape index (κ1) is 28.5. The normalized spacial score (nSPS) is 16.2. The lowest BCUT2D eigenvalue weighted by molar-refractivity contribution is 0.0698. The number of methoxy groups -OCH3 is 2. The molecule has 3 aromatic rings. The van der Waals surface area contributed by atoms with Crippen LogP contribution in [0.2, 0.25) is 0 Å². The van der Waals surface area contributed by atoms with Crippen LogP contribution in [0.1, 0.15) is 46.4 Å². The smallest absolute Gasteiger partial charge is 0.253 e. The van der Waals surface area contributed by atoms with Crippen molar-refractivity contribution in [3.8, 4) is 28.4 Å². The number of carbonyl (C=O) groups is 2. The first-order valence-electron chi connectivity index (χ1n) is 14.4. The fourth-order valence-electron chi connectivity index (χ4n) is 5.50. The van der Waals surface area contributed by atoms with Crippen LogP contribution in [0, 0.1) is 5.92 Å². The van der Waals surface area contributed by atoms with E-state index in [1.807, 2.05) is 65.6 Å². The highest BCUT2D eigenvalue weighted by atomic mass is 16.5. The number of hydrogen-bond donors (Lipinski definition) is 2. The van der Waals surface area contributed by atoms with E-state index in [0.29, 0.717) is 55.3 Å². The molecule has 8 nitrogen and oxygen atoms in total. The molecule has 0 radical (unpaired) electrons. The molecule has 2 heterocycles. The molecule has 0 aromatic heterocycles. The second-order valence-corrected chi connectivity index (χ2v) is 10.7. The lowest BCUT2D eigenvalue weighted by Gasteiger charge is -2.32. The van der Waals surface area contributed by atoms with Gasteiger partial charge in [-0.25, -0.2) is 0 Å². The maximum atomic E-state index is 13.2. The molecule has 0 unspecified atom stereocenters. The molecule has 41 heavy (non-hydrogen) atoms. The van der Waals surface area contributed by atoms with Gasteiger partial charge >= 0.3 is 0 Å². The van der Waals surface area contributed by atoms with Crippen molar-refractivity contribution in [3.05, 3.63) is 77.9 Å². The zero-order valence-electron chi connectivity index (χ0n) is 23.9. The Labute approximate surface area is 242 Å². The Kier molecular flexibility index (Phi) is 9.41. The molecule has 8 heteroatoms. The topological polar surface area (TPSA) is 89.1 Å². The van der Waals surface area contributed by atoms with Crippen LogP contribution in [-0.2, 0) is 0 Å². The van der Waals surface area contributed by atoms with Gasteiger partial charge in [0.05, 0.1) is 20.8 Å². The van der Waals surface area contributed by atoms with Gasteiger partial charge in [-0.1, -0.05) is 12.1 Å². The summed E-state index contributed by atoms with van der Waals surface area (Å²) in [6.07, 6.45) is 3.68. The lowest BCUT2D eigenvalue weighted by atomic mass is 9.99. The van der Waals surface area contributed by atoms with Gasteiger partial charge in [-0.05, 0) is 105 Å². The minimum absolute atomic E-state index is 0.000292. The molecule has 0 bridgehead atoms. The van der Waals surface area contributed by atoms with Crippen molar-refractivity contribution in [2.45, 2.75) is 31.7 Å². The van der Waals surface area contributed by atoms with Crippen molar-refractivity contribution in [3.63, 3.8) is 0 Å². The van der Waals surface area contributed by atoms with Gasteiger partial charge in [0.15, 0.2) is 0 Å². The summed E-state index contributed by atoms with van der Waals surface area (Å²) in [5.74, 6) is 2.67. The quantitative estimate of drug-likeness (QED) is 0.394. The van der Waals surface area contributed by atoms with Gasteiger partial charge in [-0.3, -0.25) is 9.59 Å². The Morgan fingerprint density at radius 3 is 2.29 bits per heavy atom. The predicted molar refractivity (Wildman–Crippen MR) is 159 cm³/mol. The number of nitrogens with one attached hydrogen (secondary N) is 2. The molecule has 2 aliphatic rings. The molecule has 0 saturated carbocycles. The molecular formula is C33H39N3O5.